The Bertz CT molecular complexity index is 1130. The van der Waals surface area contributed by atoms with Gasteiger partial charge in [-0.25, -0.2) is 13.8 Å². The minimum absolute atomic E-state index is 0.0758. The van der Waals surface area contributed by atoms with Gasteiger partial charge in [0, 0.05) is 5.92 Å². The standard InChI is InChI=1S/C27H28F2N2O3/c1-27(2,3)26(33)34-16-23(32)31-25(18-9-13-21(29)14-10-18)22-6-4-5-19(24(22)30-31)15-17-7-11-20(28)12-8-17/h7-15,22,25H,4-6,16H2,1-3H3. The average molecular weight is 467 g/mol. The second-order valence-corrected chi connectivity index (χ2v) is 9.77. The maximum absolute atomic E-state index is 13.6. The molecule has 2 atom stereocenters. The van der Waals surface area contributed by atoms with Crippen molar-refractivity contribution in [2.75, 3.05) is 6.61 Å². The summed E-state index contributed by atoms with van der Waals surface area (Å²) in [6, 6.07) is 11.9. The molecular formula is C27H28F2N2O3. The summed E-state index contributed by atoms with van der Waals surface area (Å²) in [5.74, 6) is -1.65. The number of fused-ring (bicyclic) bond motifs is 1. The van der Waals surface area contributed by atoms with Crippen LogP contribution in [0.15, 0.2) is 59.2 Å². The van der Waals surface area contributed by atoms with Gasteiger partial charge < -0.3 is 4.74 Å². The number of hydrogen-bond donors (Lipinski definition) is 0. The van der Waals surface area contributed by atoms with Gasteiger partial charge in [-0.1, -0.05) is 24.3 Å². The zero-order valence-corrected chi connectivity index (χ0v) is 19.6. The topological polar surface area (TPSA) is 59.0 Å². The summed E-state index contributed by atoms with van der Waals surface area (Å²) < 4.78 is 32.2. The van der Waals surface area contributed by atoms with Crippen LogP contribution in [0.4, 0.5) is 8.78 Å². The molecule has 1 saturated carbocycles. The fraction of sp³-hybridized carbons (Fsp3) is 0.370. The molecule has 2 aromatic rings. The summed E-state index contributed by atoms with van der Waals surface area (Å²) in [5, 5.41) is 6.08. The van der Waals surface area contributed by atoms with Gasteiger partial charge >= 0.3 is 5.97 Å². The van der Waals surface area contributed by atoms with Crippen LogP contribution in [0.3, 0.4) is 0 Å². The molecule has 1 aliphatic carbocycles. The van der Waals surface area contributed by atoms with Crippen LogP contribution >= 0.6 is 0 Å². The summed E-state index contributed by atoms with van der Waals surface area (Å²) in [4.78, 5) is 25.4. The van der Waals surface area contributed by atoms with Crippen LogP contribution in [-0.4, -0.2) is 29.2 Å². The Hall–Kier alpha value is -3.35. The molecule has 0 spiro atoms. The molecular weight excluding hydrogens is 438 g/mol. The lowest BCUT2D eigenvalue weighted by Crippen LogP contribution is -2.35. The molecule has 1 fully saturated rings. The Labute approximate surface area is 198 Å². The molecule has 7 heteroatoms. The third-order valence-corrected chi connectivity index (χ3v) is 6.12. The summed E-state index contributed by atoms with van der Waals surface area (Å²) in [5.41, 5.74) is 2.66. The van der Waals surface area contributed by atoms with Crippen LogP contribution in [0.1, 0.15) is 57.2 Å². The molecule has 2 unspecified atom stereocenters. The van der Waals surface area contributed by atoms with Crippen LogP contribution in [0.25, 0.3) is 6.08 Å². The molecule has 2 aliphatic rings. The Morgan fingerprint density at radius 1 is 1.06 bits per heavy atom. The summed E-state index contributed by atoms with van der Waals surface area (Å²) in [7, 11) is 0. The molecule has 1 heterocycles. The zero-order chi connectivity index (χ0) is 24.5. The maximum atomic E-state index is 13.6. The van der Waals surface area contributed by atoms with E-state index in [1.807, 2.05) is 6.08 Å². The highest BCUT2D eigenvalue weighted by Gasteiger charge is 2.44. The first-order valence-corrected chi connectivity index (χ1v) is 11.4. The molecule has 0 saturated heterocycles. The van der Waals surface area contributed by atoms with E-state index in [4.69, 9.17) is 9.84 Å². The van der Waals surface area contributed by atoms with Gasteiger partial charge in [0.15, 0.2) is 6.61 Å². The number of rotatable bonds is 4. The van der Waals surface area contributed by atoms with Crippen molar-refractivity contribution in [3.05, 3.63) is 76.9 Å². The van der Waals surface area contributed by atoms with E-state index in [9.17, 15) is 18.4 Å². The number of carbonyl (C=O) groups is 2. The number of amides is 1. The molecule has 4 rings (SSSR count). The lowest BCUT2D eigenvalue weighted by atomic mass is 9.77. The smallest absolute Gasteiger partial charge is 0.311 e. The molecule has 0 aromatic heterocycles. The largest absolute Gasteiger partial charge is 0.455 e. The van der Waals surface area contributed by atoms with Gasteiger partial charge in [0.1, 0.15) is 11.6 Å². The number of ether oxygens (including phenoxy) is 1. The van der Waals surface area contributed by atoms with Crippen molar-refractivity contribution in [3.8, 4) is 0 Å². The zero-order valence-electron chi connectivity index (χ0n) is 19.6. The molecule has 2 aromatic carbocycles. The molecule has 34 heavy (non-hydrogen) atoms. The third-order valence-electron chi connectivity index (χ3n) is 6.12. The Balaban J connectivity index is 1.67. The van der Waals surface area contributed by atoms with Crippen LogP contribution < -0.4 is 0 Å². The van der Waals surface area contributed by atoms with E-state index >= 15 is 0 Å². The van der Waals surface area contributed by atoms with Gasteiger partial charge in [0.2, 0.25) is 0 Å². The van der Waals surface area contributed by atoms with Crippen molar-refractivity contribution in [2.24, 2.45) is 16.4 Å². The average Bonchev–Trinajstić information content (AvgIpc) is 3.19. The minimum Gasteiger partial charge on any atom is -0.455 e. The molecule has 1 aliphatic heterocycles. The van der Waals surface area contributed by atoms with E-state index in [1.165, 1.54) is 29.3 Å². The monoisotopic (exact) mass is 466 g/mol. The minimum atomic E-state index is -0.730. The van der Waals surface area contributed by atoms with Gasteiger partial charge in [-0.15, -0.1) is 0 Å². The quantitative estimate of drug-likeness (QED) is 0.545. The van der Waals surface area contributed by atoms with Crippen molar-refractivity contribution < 1.29 is 23.1 Å². The van der Waals surface area contributed by atoms with E-state index < -0.39 is 29.9 Å². The lowest BCUT2D eigenvalue weighted by Gasteiger charge is -2.29. The van der Waals surface area contributed by atoms with Gasteiger partial charge in [-0.2, -0.15) is 5.10 Å². The fourth-order valence-corrected chi connectivity index (χ4v) is 4.37. The molecule has 0 bridgehead atoms. The first-order chi connectivity index (χ1) is 16.1. The van der Waals surface area contributed by atoms with Crippen molar-refractivity contribution >= 4 is 23.7 Å². The van der Waals surface area contributed by atoms with E-state index in [0.717, 1.165) is 41.7 Å². The predicted molar refractivity (Wildman–Crippen MR) is 126 cm³/mol. The van der Waals surface area contributed by atoms with Crippen molar-refractivity contribution in [1.29, 1.82) is 0 Å². The van der Waals surface area contributed by atoms with Crippen molar-refractivity contribution in [1.82, 2.24) is 5.01 Å². The molecule has 0 N–H and O–H groups in total. The SMILES string of the molecule is CC(C)(C)C(=O)OCC(=O)N1N=C2C(=Cc3ccc(F)cc3)CCCC2C1c1ccc(F)cc1. The number of hydrogen-bond acceptors (Lipinski definition) is 4. The number of halogens is 2. The highest BCUT2D eigenvalue weighted by molar-refractivity contribution is 6.08. The summed E-state index contributed by atoms with van der Waals surface area (Å²) in [6.45, 7) is 4.74. The number of carbonyl (C=O) groups excluding carboxylic acids is 2. The molecule has 178 valence electrons. The second-order valence-electron chi connectivity index (χ2n) is 9.77. The number of nitrogens with zero attached hydrogens (tertiary/aromatic N) is 2. The van der Waals surface area contributed by atoms with E-state index in [-0.39, 0.29) is 17.6 Å². The van der Waals surface area contributed by atoms with Crippen LogP contribution in [0.2, 0.25) is 0 Å². The molecule has 1 amide bonds. The predicted octanol–water partition coefficient (Wildman–Crippen LogP) is 5.68. The van der Waals surface area contributed by atoms with Gasteiger partial charge in [-0.05, 0) is 87.1 Å². The van der Waals surface area contributed by atoms with Crippen molar-refractivity contribution in [2.45, 2.75) is 46.1 Å². The highest BCUT2D eigenvalue weighted by atomic mass is 19.1. The summed E-state index contributed by atoms with van der Waals surface area (Å²) in [6.07, 6.45) is 4.46. The highest BCUT2D eigenvalue weighted by Crippen LogP contribution is 2.44. The summed E-state index contributed by atoms with van der Waals surface area (Å²) >= 11 is 0. The fourth-order valence-electron chi connectivity index (χ4n) is 4.37. The lowest BCUT2D eigenvalue weighted by molar-refractivity contribution is -0.159. The number of hydrazone groups is 1. The van der Waals surface area contributed by atoms with Crippen molar-refractivity contribution in [3.63, 3.8) is 0 Å². The Morgan fingerprint density at radius 3 is 2.29 bits per heavy atom. The van der Waals surface area contributed by atoms with Gasteiger partial charge in [0.05, 0.1) is 17.2 Å². The van der Waals surface area contributed by atoms with Crippen LogP contribution in [-0.2, 0) is 14.3 Å². The van der Waals surface area contributed by atoms with Gasteiger partial charge in [-0.3, -0.25) is 9.59 Å². The van der Waals surface area contributed by atoms with E-state index in [2.05, 4.69) is 0 Å². The van der Waals surface area contributed by atoms with E-state index in [0.29, 0.717) is 0 Å². The first kappa shape index (κ1) is 23.8. The van der Waals surface area contributed by atoms with E-state index in [1.54, 1.807) is 45.0 Å². The normalized spacial score (nSPS) is 21.3. The number of allylic oxidation sites excluding steroid dienone is 1. The Morgan fingerprint density at radius 2 is 1.68 bits per heavy atom. The number of benzene rings is 2. The first-order valence-electron chi connectivity index (χ1n) is 11.4. The van der Waals surface area contributed by atoms with Gasteiger partial charge in [0.25, 0.3) is 5.91 Å². The second kappa shape index (κ2) is 9.49. The third kappa shape index (κ3) is 5.08. The molecule has 5 nitrogen and oxygen atoms in total. The van der Waals surface area contributed by atoms with Crippen LogP contribution in [0, 0.1) is 23.0 Å². The number of esters is 1. The molecule has 0 radical (unpaired) electrons. The maximum Gasteiger partial charge on any atom is 0.311 e. The Kier molecular flexibility index (Phi) is 6.64. The van der Waals surface area contributed by atoms with Crippen LogP contribution in [0.5, 0.6) is 0 Å².